The van der Waals surface area contributed by atoms with Gasteiger partial charge < -0.3 is 0 Å². The Kier molecular flexibility index (Phi) is 6.43. The summed E-state index contributed by atoms with van der Waals surface area (Å²) in [7, 11) is 0. The van der Waals surface area contributed by atoms with Crippen LogP contribution < -0.4 is 0 Å². The van der Waals surface area contributed by atoms with Crippen molar-refractivity contribution in [3.8, 4) is 0 Å². The fraction of sp³-hybridized carbons (Fsp3) is 0.750. The zero-order valence-electron chi connectivity index (χ0n) is 13.5. The Morgan fingerprint density at radius 1 is 1.00 bits per heavy atom. The fourth-order valence-electron chi connectivity index (χ4n) is 2.84. The third kappa shape index (κ3) is 4.27. The summed E-state index contributed by atoms with van der Waals surface area (Å²) in [5.41, 5.74) is 3.62. The summed E-state index contributed by atoms with van der Waals surface area (Å²) >= 11 is 0. The number of aromatic nitrogens is 2. The molecular formula is C16H29N3. The molecule has 2 heterocycles. The molecule has 1 aliphatic heterocycles. The molecule has 108 valence electrons. The van der Waals surface area contributed by atoms with Gasteiger partial charge in [0.25, 0.3) is 0 Å². The van der Waals surface area contributed by atoms with E-state index in [4.69, 9.17) is 0 Å². The van der Waals surface area contributed by atoms with Gasteiger partial charge in [0.1, 0.15) is 5.82 Å². The molecule has 0 saturated carbocycles. The average Bonchev–Trinajstić information content (AvgIpc) is 2.83. The van der Waals surface area contributed by atoms with Crippen LogP contribution in [0.1, 0.15) is 69.2 Å². The highest BCUT2D eigenvalue weighted by Gasteiger charge is 2.16. The van der Waals surface area contributed by atoms with Crippen molar-refractivity contribution in [1.82, 2.24) is 14.9 Å². The van der Waals surface area contributed by atoms with Crippen molar-refractivity contribution >= 4 is 0 Å². The van der Waals surface area contributed by atoms with E-state index in [-0.39, 0.29) is 0 Å². The molecule has 2 rings (SSSR count). The molecule has 0 radical (unpaired) electrons. The van der Waals surface area contributed by atoms with E-state index in [1.54, 1.807) is 0 Å². The Bertz CT molecular complexity index is 370. The predicted molar refractivity (Wildman–Crippen MR) is 81.5 cm³/mol. The summed E-state index contributed by atoms with van der Waals surface area (Å²) in [5.74, 6) is 1.50. The Morgan fingerprint density at radius 3 is 1.89 bits per heavy atom. The van der Waals surface area contributed by atoms with Crippen molar-refractivity contribution in [3.63, 3.8) is 0 Å². The third-order valence-corrected chi connectivity index (χ3v) is 3.51. The van der Waals surface area contributed by atoms with Crippen molar-refractivity contribution in [3.05, 3.63) is 22.8 Å². The summed E-state index contributed by atoms with van der Waals surface area (Å²) in [6, 6.07) is 0. The van der Waals surface area contributed by atoms with Gasteiger partial charge in [-0.3, -0.25) is 4.90 Å². The molecule has 19 heavy (non-hydrogen) atoms. The van der Waals surface area contributed by atoms with Crippen LogP contribution in [0.25, 0.3) is 0 Å². The zero-order valence-corrected chi connectivity index (χ0v) is 13.5. The number of nitrogens with zero attached hydrogens (tertiary/aromatic N) is 3. The fourth-order valence-corrected chi connectivity index (χ4v) is 2.84. The molecule has 0 aromatic carbocycles. The van der Waals surface area contributed by atoms with Gasteiger partial charge in [-0.1, -0.05) is 27.7 Å². The van der Waals surface area contributed by atoms with Crippen LogP contribution in [0.2, 0.25) is 0 Å². The molecule has 1 saturated heterocycles. The van der Waals surface area contributed by atoms with Crippen molar-refractivity contribution in [2.75, 3.05) is 13.1 Å². The lowest BCUT2D eigenvalue weighted by Crippen LogP contribution is -2.21. The smallest absolute Gasteiger partial charge is 0.142 e. The molecule has 0 aliphatic carbocycles. The van der Waals surface area contributed by atoms with Crippen LogP contribution in [0.3, 0.4) is 0 Å². The molecule has 0 unspecified atom stereocenters. The second-order valence-electron chi connectivity index (χ2n) is 5.36. The maximum absolute atomic E-state index is 4.67. The third-order valence-electron chi connectivity index (χ3n) is 3.51. The van der Waals surface area contributed by atoms with Gasteiger partial charge in [0, 0.05) is 11.4 Å². The number of aryl methyl sites for hydroxylation is 2. The maximum Gasteiger partial charge on any atom is 0.142 e. The van der Waals surface area contributed by atoms with Gasteiger partial charge >= 0.3 is 0 Å². The largest absolute Gasteiger partial charge is 0.296 e. The lowest BCUT2D eigenvalue weighted by molar-refractivity contribution is 0.321. The topological polar surface area (TPSA) is 29.0 Å². The Balaban J connectivity index is 0.000000861. The van der Waals surface area contributed by atoms with Crippen molar-refractivity contribution in [2.24, 2.45) is 0 Å². The highest BCUT2D eigenvalue weighted by molar-refractivity contribution is 5.27. The van der Waals surface area contributed by atoms with E-state index in [2.05, 4.69) is 42.6 Å². The van der Waals surface area contributed by atoms with Gasteiger partial charge in [0.05, 0.1) is 6.54 Å². The molecule has 0 amide bonds. The molecule has 0 bridgehead atoms. The van der Waals surface area contributed by atoms with Crippen molar-refractivity contribution in [1.29, 1.82) is 0 Å². The minimum absolute atomic E-state index is 0.510. The van der Waals surface area contributed by atoms with Gasteiger partial charge in [-0.05, 0) is 51.3 Å². The Morgan fingerprint density at radius 2 is 1.47 bits per heavy atom. The first-order valence-corrected chi connectivity index (χ1v) is 7.64. The molecule has 3 nitrogen and oxygen atoms in total. The van der Waals surface area contributed by atoms with Crippen LogP contribution in [-0.2, 0) is 6.54 Å². The van der Waals surface area contributed by atoms with Crippen LogP contribution in [-0.4, -0.2) is 28.0 Å². The van der Waals surface area contributed by atoms with Crippen LogP contribution in [0.5, 0.6) is 0 Å². The monoisotopic (exact) mass is 263 g/mol. The van der Waals surface area contributed by atoms with Crippen LogP contribution in [0, 0.1) is 13.8 Å². The van der Waals surface area contributed by atoms with Gasteiger partial charge in [-0.15, -0.1) is 0 Å². The van der Waals surface area contributed by atoms with Crippen LogP contribution >= 0.6 is 0 Å². The summed E-state index contributed by atoms with van der Waals surface area (Å²) < 4.78 is 0. The zero-order chi connectivity index (χ0) is 14.4. The molecule has 1 aliphatic rings. The molecule has 0 spiro atoms. The van der Waals surface area contributed by atoms with E-state index in [1.807, 2.05) is 13.8 Å². The molecule has 0 N–H and O–H groups in total. The van der Waals surface area contributed by atoms with Gasteiger partial charge in [0.2, 0.25) is 0 Å². The number of rotatable bonds is 3. The quantitative estimate of drug-likeness (QED) is 0.829. The molecular weight excluding hydrogens is 234 g/mol. The van der Waals surface area contributed by atoms with Crippen molar-refractivity contribution in [2.45, 2.75) is 66.8 Å². The highest BCUT2D eigenvalue weighted by Crippen LogP contribution is 2.21. The Labute approximate surface area is 118 Å². The number of hydrogen-bond donors (Lipinski definition) is 0. The van der Waals surface area contributed by atoms with Crippen LogP contribution in [0.4, 0.5) is 0 Å². The summed E-state index contributed by atoms with van der Waals surface area (Å²) in [4.78, 5) is 11.8. The Hall–Kier alpha value is -0.960. The normalized spacial score (nSPS) is 15.5. The van der Waals surface area contributed by atoms with E-state index >= 15 is 0 Å². The average molecular weight is 263 g/mol. The number of hydrogen-bond acceptors (Lipinski definition) is 3. The van der Waals surface area contributed by atoms with E-state index in [0.717, 1.165) is 23.8 Å². The van der Waals surface area contributed by atoms with Gasteiger partial charge in [-0.25, -0.2) is 9.97 Å². The minimum atomic E-state index is 0.510. The van der Waals surface area contributed by atoms with E-state index in [0.29, 0.717) is 5.92 Å². The molecule has 1 aromatic heterocycles. The van der Waals surface area contributed by atoms with E-state index in [9.17, 15) is 0 Å². The molecule has 1 aromatic rings. The lowest BCUT2D eigenvalue weighted by Gasteiger charge is -2.17. The molecule has 1 fully saturated rings. The highest BCUT2D eigenvalue weighted by atomic mass is 15.2. The predicted octanol–water partition coefficient (Wildman–Crippen LogP) is 3.84. The van der Waals surface area contributed by atoms with Crippen molar-refractivity contribution < 1.29 is 0 Å². The van der Waals surface area contributed by atoms with Gasteiger partial charge in [0.15, 0.2) is 0 Å². The van der Waals surface area contributed by atoms with Gasteiger partial charge in [-0.2, -0.15) is 0 Å². The van der Waals surface area contributed by atoms with Crippen LogP contribution in [0.15, 0.2) is 0 Å². The summed E-state index contributed by atoms with van der Waals surface area (Å²) in [5, 5.41) is 0. The first kappa shape index (κ1) is 16.1. The molecule has 3 heteroatoms. The minimum Gasteiger partial charge on any atom is -0.296 e. The molecule has 0 atom stereocenters. The first-order valence-electron chi connectivity index (χ1n) is 7.64. The van der Waals surface area contributed by atoms with E-state index in [1.165, 1.54) is 31.5 Å². The maximum atomic E-state index is 4.67. The number of likely N-dealkylation sites (tertiary alicyclic amines) is 1. The second kappa shape index (κ2) is 7.59. The first-order chi connectivity index (χ1) is 9.08. The standard InChI is InChI=1S/C14H23N3.C2H6/c1-10(2)14-11(3)15-13(16-12(14)4)9-17-7-5-6-8-17;1-2/h10H,5-9H2,1-4H3;1-2H3. The van der Waals surface area contributed by atoms with E-state index < -0.39 is 0 Å². The summed E-state index contributed by atoms with van der Waals surface area (Å²) in [6.07, 6.45) is 2.64. The SMILES string of the molecule is CC.Cc1nc(CN2CCCC2)nc(C)c1C(C)C. The lowest BCUT2D eigenvalue weighted by atomic mass is 10.0. The summed E-state index contributed by atoms with van der Waals surface area (Å²) in [6.45, 7) is 16.0. The second-order valence-corrected chi connectivity index (χ2v) is 5.36.